The van der Waals surface area contributed by atoms with Gasteiger partial charge < -0.3 is 9.80 Å². The number of rotatable bonds is 3. The summed E-state index contributed by atoms with van der Waals surface area (Å²) >= 11 is 0. The molecule has 29 heavy (non-hydrogen) atoms. The number of anilines is 1. The van der Waals surface area contributed by atoms with Gasteiger partial charge in [0.25, 0.3) is 0 Å². The summed E-state index contributed by atoms with van der Waals surface area (Å²) in [5, 5.41) is 10.4. The summed E-state index contributed by atoms with van der Waals surface area (Å²) in [6, 6.07) is 21.9. The minimum atomic E-state index is -0.555. The van der Waals surface area contributed by atoms with Gasteiger partial charge in [0.15, 0.2) is 0 Å². The summed E-state index contributed by atoms with van der Waals surface area (Å²) in [5.41, 5.74) is 2.74. The van der Waals surface area contributed by atoms with Crippen molar-refractivity contribution in [2.45, 2.75) is 19.3 Å². The highest BCUT2D eigenvalue weighted by molar-refractivity contribution is 5.93. The molecule has 5 heteroatoms. The van der Waals surface area contributed by atoms with Gasteiger partial charge in [-0.2, -0.15) is 5.26 Å². The normalized spacial score (nSPS) is 14.7. The van der Waals surface area contributed by atoms with Gasteiger partial charge in [-0.1, -0.05) is 48.5 Å². The van der Waals surface area contributed by atoms with Crippen LogP contribution in [-0.4, -0.2) is 42.0 Å². The highest BCUT2D eigenvalue weighted by Crippen LogP contribution is 2.30. The highest BCUT2D eigenvalue weighted by atomic mass is 16.2. The van der Waals surface area contributed by atoms with Crippen molar-refractivity contribution in [2.75, 3.05) is 31.1 Å². The van der Waals surface area contributed by atoms with E-state index in [1.165, 1.54) is 0 Å². The standard InChI is InChI=1S/C24H24N4O/c1-24(2,18-8-4-3-5-9-18)23(29)28-14-12-27(13-15-28)22-16-19(17-25)26-21-11-7-6-10-20(21)22/h3-11,16H,12-15H2,1-2H3. The SMILES string of the molecule is CC(C)(C(=O)N1CCN(c2cc(C#N)nc3ccccc23)CC1)c1ccccc1. The van der Waals surface area contributed by atoms with Crippen LogP contribution in [0, 0.1) is 11.3 Å². The van der Waals surface area contributed by atoms with Crippen molar-refractivity contribution in [3.63, 3.8) is 0 Å². The van der Waals surface area contributed by atoms with Crippen LogP contribution in [0.25, 0.3) is 10.9 Å². The third-order valence-corrected chi connectivity index (χ3v) is 5.75. The van der Waals surface area contributed by atoms with Crippen LogP contribution in [0.4, 0.5) is 5.69 Å². The molecule has 0 bridgehead atoms. The van der Waals surface area contributed by atoms with Gasteiger partial charge in [-0.3, -0.25) is 4.79 Å². The predicted octanol–water partition coefficient (Wildman–Crippen LogP) is 3.73. The maximum absolute atomic E-state index is 13.2. The highest BCUT2D eigenvalue weighted by Gasteiger charge is 2.35. The second-order valence-electron chi connectivity index (χ2n) is 7.93. The lowest BCUT2D eigenvalue weighted by atomic mass is 9.83. The Bertz CT molecular complexity index is 1080. The Balaban J connectivity index is 1.54. The van der Waals surface area contributed by atoms with Crippen LogP contribution in [-0.2, 0) is 10.2 Å². The van der Waals surface area contributed by atoms with E-state index in [0.29, 0.717) is 18.8 Å². The monoisotopic (exact) mass is 384 g/mol. The zero-order valence-corrected chi connectivity index (χ0v) is 16.8. The van der Waals surface area contributed by atoms with Crippen LogP contribution in [0.5, 0.6) is 0 Å². The fourth-order valence-electron chi connectivity index (χ4n) is 4.00. The minimum absolute atomic E-state index is 0.153. The average Bonchev–Trinajstić information content (AvgIpc) is 2.78. The molecule has 0 aliphatic carbocycles. The number of aromatic nitrogens is 1. The van der Waals surface area contributed by atoms with Crippen LogP contribution >= 0.6 is 0 Å². The van der Waals surface area contributed by atoms with Crippen molar-refractivity contribution in [3.05, 3.63) is 71.9 Å². The topological polar surface area (TPSA) is 60.2 Å². The van der Waals surface area contributed by atoms with Gasteiger partial charge in [-0.25, -0.2) is 4.98 Å². The molecule has 4 rings (SSSR count). The van der Waals surface area contributed by atoms with Crippen LogP contribution in [0.2, 0.25) is 0 Å². The molecule has 146 valence electrons. The largest absolute Gasteiger partial charge is 0.367 e. The molecule has 0 atom stereocenters. The van der Waals surface area contributed by atoms with Crippen molar-refractivity contribution in [1.82, 2.24) is 9.88 Å². The number of benzene rings is 2. The van der Waals surface area contributed by atoms with Crippen molar-refractivity contribution in [3.8, 4) is 6.07 Å². The number of carbonyl (C=O) groups excluding carboxylic acids is 1. The van der Waals surface area contributed by atoms with Crippen molar-refractivity contribution in [2.24, 2.45) is 0 Å². The summed E-state index contributed by atoms with van der Waals surface area (Å²) in [7, 11) is 0. The third-order valence-electron chi connectivity index (χ3n) is 5.75. The first-order valence-electron chi connectivity index (χ1n) is 9.90. The van der Waals surface area contributed by atoms with E-state index in [2.05, 4.69) is 16.0 Å². The molecule has 1 aliphatic rings. The average molecular weight is 384 g/mol. The van der Waals surface area contributed by atoms with E-state index < -0.39 is 5.41 Å². The molecule has 1 fully saturated rings. The fourth-order valence-corrected chi connectivity index (χ4v) is 4.00. The molecule has 3 aromatic rings. The van der Waals surface area contributed by atoms with E-state index in [0.717, 1.165) is 35.2 Å². The lowest BCUT2D eigenvalue weighted by Gasteiger charge is -2.40. The first kappa shape index (κ1) is 18.9. The van der Waals surface area contributed by atoms with E-state index in [-0.39, 0.29) is 5.91 Å². The Hall–Kier alpha value is -3.39. The van der Waals surface area contributed by atoms with E-state index in [1.807, 2.05) is 79.4 Å². The molecule has 0 spiro atoms. The maximum Gasteiger partial charge on any atom is 0.232 e. The summed E-state index contributed by atoms with van der Waals surface area (Å²) in [4.78, 5) is 21.8. The van der Waals surface area contributed by atoms with E-state index in [1.54, 1.807) is 0 Å². The number of fused-ring (bicyclic) bond motifs is 1. The van der Waals surface area contributed by atoms with Crippen LogP contribution in [0.3, 0.4) is 0 Å². The lowest BCUT2D eigenvalue weighted by Crippen LogP contribution is -2.53. The Labute approximate surface area is 171 Å². The third kappa shape index (κ3) is 3.54. The number of nitriles is 1. The van der Waals surface area contributed by atoms with Crippen LogP contribution < -0.4 is 4.90 Å². The van der Waals surface area contributed by atoms with Gasteiger partial charge >= 0.3 is 0 Å². The first-order valence-corrected chi connectivity index (χ1v) is 9.90. The number of piperazine rings is 1. The van der Waals surface area contributed by atoms with Crippen LogP contribution in [0.15, 0.2) is 60.7 Å². The molecule has 0 radical (unpaired) electrons. The Kier molecular flexibility index (Phi) is 4.94. The Morgan fingerprint density at radius 2 is 1.66 bits per heavy atom. The van der Waals surface area contributed by atoms with E-state index >= 15 is 0 Å². The summed E-state index contributed by atoms with van der Waals surface area (Å²) < 4.78 is 0. The van der Waals surface area contributed by atoms with Gasteiger partial charge in [-0.05, 0) is 31.5 Å². The number of hydrogen-bond acceptors (Lipinski definition) is 4. The molecular weight excluding hydrogens is 360 g/mol. The molecule has 2 heterocycles. The number of carbonyl (C=O) groups is 1. The fraction of sp³-hybridized carbons (Fsp3) is 0.292. The molecule has 1 aromatic heterocycles. The first-order chi connectivity index (χ1) is 14.0. The molecule has 0 saturated carbocycles. The van der Waals surface area contributed by atoms with Crippen molar-refractivity contribution in [1.29, 1.82) is 5.26 Å². The van der Waals surface area contributed by atoms with Crippen molar-refractivity contribution < 1.29 is 4.79 Å². The molecule has 1 saturated heterocycles. The molecule has 1 amide bonds. The van der Waals surface area contributed by atoms with Gasteiger partial charge in [0.1, 0.15) is 11.8 Å². The summed E-state index contributed by atoms with van der Waals surface area (Å²) in [6.07, 6.45) is 0. The zero-order chi connectivity index (χ0) is 20.4. The van der Waals surface area contributed by atoms with Gasteiger partial charge in [-0.15, -0.1) is 0 Å². The maximum atomic E-state index is 13.2. The number of hydrogen-bond donors (Lipinski definition) is 0. The van der Waals surface area contributed by atoms with E-state index in [4.69, 9.17) is 0 Å². The molecule has 1 aliphatic heterocycles. The molecular formula is C24H24N4O. The second-order valence-corrected chi connectivity index (χ2v) is 7.93. The predicted molar refractivity (Wildman–Crippen MR) is 115 cm³/mol. The Morgan fingerprint density at radius 1 is 1.00 bits per heavy atom. The van der Waals surface area contributed by atoms with E-state index in [9.17, 15) is 10.1 Å². The zero-order valence-electron chi connectivity index (χ0n) is 16.8. The number of nitrogens with zero attached hydrogens (tertiary/aromatic N) is 4. The number of amides is 1. The lowest BCUT2D eigenvalue weighted by molar-refractivity contribution is -0.136. The van der Waals surface area contributed by atoms with Gasteiger partial charge in [0.05, 0.1) is 10.9 Å². The number of pyridine rings is 1. The van der Waals surface area contributed by atoms with Gasteiger partial charge in [0, 0.05) is 37.3 Å². The van der Waals surface area contributed by atoms with Crippen LogP contribution in [0.1, 0.15) is 25.1 Å². The van der Waals surface area contributed by atoms with Crippen molar-refractivity contribution >= 4 is 22.5 Å². The smallest absolute Gasteiger partial charge is 0.232 e. The molecule has 0 unspecified atom stereocenters. The Morgan fingerprint density at radius 3 is 2.34 bits per heavy atom. The van der Waals surface area contributed by atoms with Gasteiger partial charge in [0.2, 0.25) is 5.91 Å². The quantitative estimate of drug-likeness (QED) is 0.690. The molecule has 5 nitrogen and oxygen atoms in total. The minimum Gasteiger partial charge on any atom is -0.367 e. The molecule has 2 aromatic carbocycles. The summed E-state index contributed by atoms with van der Waals surface area (Å²) in [5.74, 6) is 0.153. The number of para-hydroxylation sites is 1. The molecule has 0 N–H and O–H groups in total. The summed E-state index contributed by atoms with van der Waals surface area (Å²) in [6.45, 7) is 6.77. The second kappa shape index (κ2) is 7.56.